The average molecular weight is 206 g/mol. The van der Waals surface area contributed by atoms with Gasteiger partial charge in [-0.15, -0.1) is 4.91 Å². The molecule has 0 aromatic heterocycles. The van der Waals surface area contributed by atoms with Gasteiger partial charge in [0.1, 0.15) is 5.69 Å². The average Bonchev–Trinajstić information content (AvgIpc) is 2.30. The lowest BCUT2D eigenvalue weighted by molar-refractivity contribution is 0.589. The van der Waals surface area contributed by atoms with E-state index in [0.29, 0.717) is 11.4 Å². The SMILES string of the molecule is Nc1cc(N2CCNCC2)ccc1N=O. The maximum atomic E-state index is 10.4. The van der Waals surface area contributed by atoms with Gasteiger partial charge < -0.3 is 16.0 Å². The Morgan fingerprint density at radius 3 is 2.67 bits per heavy atom. The molecule has 1 aliphatic rings. The molecule has 0 atom stereocenters. The van der Waals surface area contributed by atoms with Crippen LogP contribution in [0.25, 0.3) is 0 Å². The lowest BCUT2D eigenvalue weighted by Crippen LogP contribution is -2.43. The number of nitrogen functional groups attached to an aromatic ring is 1. The van der Waals surface area contributed by atoms with Gasteiger partial charge in [-0.25, -0.2) is 0 Å². The maximum Gasteiger partial charge on any atom is 0.131 e. The molecule has 0 radical (unpaired) electrons. The molecule has 0 saturated carbocycles. The van der Waals surface area contributed by atoms with Gasteiger partial charge in [0.25, 0.3) is 0 Å². The molecule has 80 valence electrons. The van der Waals surface area contributed by atoms with Crippen molar-refractivity contribution >= 4 is 17.1 Å². The van der Waals surface area contributed by atoms with E-state index >= 15 is 0 Å². The Kier molecular flexibility index (Phi) is 2.82. The van der Waals surface area contributed by atoms with Gasteiger partial charge in [0.2, 0.25) is 0 Å². The number of nitroso groups, excluding NO2 is 1. The Balaban J connectivity index is 2.21. The fraction of sp³-hybridized carbons (Fsp3) is 0.400. The van der Waals surface area contributed by atoms with Gasteiger partial charge in [0, 0.05) is 31.9 Å². The van der Waals surface area contributed by atoms with E-state index in [-0.39, 0.29) is 0 Å². The van der Waals surface area contributed by atoms with E-state index in [1.165, 1.54) is 0 Å². The van der Waals surface area contributed by atoms with E-state index < -0.39 is 0 Å². The van der Waals surface area contributed by atoms with Crippen LogP contribution in [0, 0.1) is 4.91 Å². The van der Waals surface area contributed by atoms with Crippen LogP contribution < -0.4 is 16.0 Å². The molecule has 1 aliphatic heterocycles. The van der Waals surface area contributed by atoms with Crippen molar-refractivity contribution in [3.8, 4) is 0 Å². The zero-order chi connectivity index (χ0) is 10.7. The Hall–Kier alpha value is -1.62. The molecule has 1 saturated heterocycles. The van der Waals surface area contributed by atoms with E-state index in [4.69, 9.17) is 5.73 Å². The second-order valence-electron chi connectivity index (χ2n) is 3.57. The summed E-state index contributed by atoms with van der Waals surface area (Å²) in [4.78, 5) is 12.6. The van der Waals surface area contributed by atoms with Crippen LogP contribution in [0.1, 0.15) is 0 Å². The van der Waals surface area contributed by atoms with Gasteiger partial charge in [-0.2, -0.15) is 0 Å². The highest BCUT2D eigenvalue weighted by Gasteiger charge is 2.11. The molecule has 15 heavy (non-hydrogen) atoms. The molecule has 0 unspecified atom stereocenters. The quantitative estimate of drug-likeness (QED) is 0.561. The van der Waals surface area contributed by atoms with Crippen LogP contribution in [0.15, 0.2) is 23.4 Å². The molecule has 0 amide bonds. The summed E-state index contributed by atoms with van der Waals surface area (Å²) in [5.74, 6) is 0. The molecule has 0 bridgehead atoms. The minimum atomic E-state index is 0.314. The zero-order valence-corrected chi connectivity index (χ0v) is 8.44. The highest BCUT2D eigenvalue weighted by molar-refractivity contribution is 5.69. The fourth-order valence-corrected chi connectivity index (χ4v) is 1.74. The normalized spacial score (nSPS) is 16.4. The predicted molar refractivity (Wildman–Crippen MR) is 61.4 cm³/mol. The van der Waals surface area contributed by atoms with Gasteiger partial charge in [-0.1, -0.05) is 0 Å². The first-order valence-corrected chi connectivity index (χ1v) is 5.00. The molecule has 1 fully saturated rings. The van der Waals surface area contributed by atoms with Gasteiger partial charge >= 0.3 is 0 Å². The molecular formula is C10H14N4O. The van der Waals surface area contributed by atoms with Crippen molar-refractivity contribution in [2.24, 2.45) is 5.18 Å². The molecule has 5 nitrogen and oxygen atoms in total. The monoisotopic (exact) mass is 206 g/mol. The van der Waals surface area contributed by atoms with E-state index in [9.17, 15) is 4.91 Å². The Morgan fingerprint density at radius 1 is 1.33 bits per heavy atom. The van der Waals surface area contributed by atoms with Crippen molar-refractivity contribution in [2.45, 2.75) is 0 Å². The first-order valence-electron chi connectivity index (χ1n) is 5.00. The maximum absolute atomic E-state index is 10.4. The molecular weight excluding hydrogens is 192 g/mol. The van der Waals surface area contributed by atoms with Gasteiger partial charge in [0.15, 0.2) is 0 Å². The smallest absolute Gasteiger partial charge is 0.131 e. The topological polar surface area (TPSA) is 70.7 Å². The third kappa shape index (κ3) is 2.07. The third-order valence-corrected chi connectivity index (χ3v) is 2.59. The minimum Gasteiger partial charge on any atom is -0.397 e. The number of anilines is 2. The number of nitrogens with one attached hydrogen (secondary N) is 1. The summed E-state index contributed by atoms with van der Waals surface area (Å²) in [5.41, 5.74) is 7.52. The van der Waals surface area contributed by atoms with Crippen molar-refractivity contribution in [1.82, 2.24) is 5.32 Å². The van der Waals surface area contributed by atoms with Crippen LogP contribution in [-0.4, -0.2) is 26.2 Å². The number of hydrogen-bond donors (Lipinski definition) is 2. The largest absolute Gasteiger partial charge is 0.397 e. The summed E-state index contributed by atoms with van der Waals surface area (Å²) in [6.45, 7) is 3.89. The minimum absolute atomic E-state index is 0.314. The fourth-order valence-electron chi connectivity index (χ4n) is 1.74. The molecule has 0 spiro atoms. The standard InChI is InChI=1S/C10H14N4O/c11-9-7-8(1-2-10(9)13-15)14-5-3-12-4-6-14/h1-2,7,12H,3-6,11H2. The van der Waals surface area contributed by atoms with Crippen molar-refractivity contribution in [3.63, 3.8) is 0 Å². The first kappa shape index (κ1) is 9.92. The van der Waals surface area contributed by atoms with E-state index in [2.05, 4.69) is 15.4 Å². The number of piperazine rings is 1. The van der Waals surface area contributed by atoms with Crippen LogP contribution >= 0.6 is 0 Å². The van der Waals surface area contributed by atoms with Crippen LogP contribution in [0.3, 0.4) is 0 Å². The van der Waals surface area contributed by atoms with Crippen LogP contribution in [0.2, 0.25) is 0 Å². The second-order valence-corrected chi connectivity index (χ2v) is 3.57. The molecule has 2 rings (SSSR count). The summed E-state index contributed by atoms with van der Waals surface area (Å²) < 4.78 is 0. The zero-order valence-electron chi connectivity index (χ0n) is 8.44. The van der Waals surface area contributed by atoms with Gasteiger partial charge in [-0.05, 0) is 23.4 Å². The highest BCUT2D eigenvalue weighted by atomic mass is 16.3. The molecule has 1 aromatic rings. The number of nitrogens with two attached hydrogens (primary N) is 1. The number of nitrogens with zero attached hydrogens (tertiary/aromatic N) is 2. The van der Waals surface area contributed by atoms with Crippen LogP contribution in [-0.2, 0) is 0 Å². The second kappa shape index (κ2) is 4.27. The Labute approximate surface area is 88.2 Å². The predicted octanol–water partition coefficient (Wildman–Crippen LogP) is 1.08. The van der Waals surface area contributed by atoms with Crippen LogP contribution in [0.4, 0.5) is 17.1 Å². The Morgan fingerprint density at radius 2 is 2.07 bits per heavy atom. The third-order valence-electron chi connectivity index (χ3n) is 2.59. The summed E-state index contributed by atoms with van der Waals surface area (Å²) in [6, 6.07) is 5.36. The molecule has 1 heterocycles. The summed E-state index contributed by atoms with van der Waals surface area (Å²) in [7, 11) is 0. The van der Waals surface area contributed by atoms with Crippen molar-refractivity contribution < 1.29 is 0 Å². The molecule has 5 heteroatoms. The van der Waals surface area contributed by atoms with Crippen molar-refractivity contribution in [1.29, 1.82) is 0 Å². The number of rotatable bonds is 2. The van der Waals surface area contributed by atoms with Crippen molar-refractivity contribution in [2.75, 3.05) is 36.8 Å². The molecule has 3 N–H and O–H groups in total. The van der Waals surface area contributed by atoms with E-state index in [0.717, 1.165) is 31.9 Å². The summed E-state index contributed by atoms with van der Waals surface area (Å²) in [5, 5.41) is 6.13. The van der Waals surface area contributed by atoms with Crippen LogP contribution in [0.5, 0.6) is 0 Å². The molecule has 0 aliphatic carbocycles. The number of hydrogen-bond acceptors (Lipinski definition) is 5. The lowest BCUT2D eigenvalue weighted by atomic mass is 10.2. The number of benzene rings is 1. The lowest BCUT2D eigenvalue weighted by Gasteiger charge is -2.29. The summed E-state index contributed by atoms with van der Waals surface area (Å²) in [6.07, 6.45) is 0. The highest BCUT2D eigenvalue weighted by Crippen LogP contribution is 2.27. The van der Waals surface area contributed by atoms with Gasteiger partial charge in [-0.3, -0.25) is 0 Å². The van der Waals surface area contributed by atoms with Gasteiger partial charge in [0.05, 0.1) is 5.69 Å². The van der Waals surface area contributed by atoms with E-state index in [1.54, 1.807) is 6.07 Å². The van der Waals surface area contributed by atoms with Crippen molar-refractivity contribution in [3.05, 3.63) is 23.1 Å². The van der Waals surface area contributed by atoms with E-state index in [1.807, 2.05) is 12.1 Å². The Bertz CT molecular complexity index is 360. The first-order chi connectivity index (χ1) is 7.31. The molecule has 1 aromatic carbocycles. The summed E-state index contributed by atoms with van der Waals surface area (Å²) >= 11 is 0.